The van der Waals surface area contributed by atoms with Gasteiger partial charge in [-0.1, -0.05) is 95.1 Å². The monoisotopic (exact) mass is 892 g/mol. The summed E-state index contributed by atoms with van der Waals surface area (Å²) >= 11 is 0. The van der Waals surface area contributed by atoms with E-state index in [9.17, 15) is 33.9 Å². The van der Waals surface area contributed by atoms with Gasteiger partial charge < -0.3 is 65.0 Å². The Labute approximate surface area is 371 Å². The van der Waals surface area contributed by atoms with Crippen LogP contribution in [0.25, 0.3) is 0 Å². The lowest BCUT2D eigenvalue weighted by molar-refractivity contribution is -0.170. The van der Waals surface area contributed by atoms with Crippen molar-refractivity contribution >= 4 is 57.0 Å². The molecule has 62 heavy (non-hydrogen) atoms. The zero-order chi connectivity index (χ0) is 48.4. The molecule has 0 aliphatic rings. The predicted octanol–water partition coefficient (Wildman–Crippen LogP) is 2.54. The highest BCUT2D eigenvalue weighted by molar-refractivity contribution is 6.46. The fourth-order valence-electron chi connectivity index (χ4n) is 4.07. The van der Waals surface area contributed by atoms with Crippen LogP contribution in [0.5, 0.6) is 0 Å². The number of carbonyl (C=O) groups excluding carboxylic acids is 4. The maximum atomic E-state index is 12.0. The third-order valence-corrected chi connectivity index (χ3v) is 7.46. The Balaban J connectivity index is -0.000000241. The second-order valence-electron chi connectivity index (χ2n) is 15.7. The van der Waals surface area contributed by atoms with Gasteiger partial charge in [-0.25, -0.2) is 14.4 Å². The summed E-state index contributed by atoms with van der Waals surface area (Å²) in [5.41, 5.74) is 0. The lowest BCUT2D eigenvalue weighted by Crippen LogP contribution is -2.39. The van der Waals surface area contributed by atoms with Crippen molar-refractivity contribution in [3.63, 3.8) is 0 Å². The average molecular weight is 892 g/mol. The van der Waals surface area contributed by atoms with Crippen LogP contribution in [-0.4, -0.2) is 139 Å². The summed E-state index contributed by atoms with van der Waals surface area (Å²) in [5, 5.41) is 61.3. The molecule has 0 amide bonds. The molecule has 0 unspecified atom stereocenters. The van der Waals surface area contributed by atoms with E-state index in [1.54, 1.807) is 34.4 Å². The van der Waals surface area contributed by atoms with Crippen LogP contribution in [0.4, 0.5) is 0 Å². The molecule has 0 aromatic heterocycles. The third-order valence-electron chi connectivity index (χ3n) is 7.46. The molecule has 19 nitrogen and oxygen atoms in total. The molecule has 0 aliphatic heterocycles. The summed E-state index contributed by atoms with van der Waals surface area (Å²) < 4.78 is 19.8. The number of aliphatic carboxylic acids is 2. The molecular weight excluding hydrogens is 811 g/mol. The van der Waals surface area contributed by atoms with Crippen LogP contribution in [0.1, 0.15) is 89.0 Å². The fraction of sp³-hybridized carbons (Fsp3) is 0.750. The van der Waals surface area contributed by atoms with Crippen LogP contribution in [-0.2, 0) is 47.7 Å². The van der Waals surface area contributed by atoms with Crippen molar-refractivity contribution in [2.75, 3.05) is 32.8 Å². The van der Waals surface area contributed by atoms with Gasteiger partial charge >= 0.3 is 57.0 Å². The van der Waals surface area contributed by atoms with Crippen LogP contribution < -0.4 is 15.7 Å². The Kier molecular flexibility index (Phi) is 43.4. The topological polar surface area (TPSA) is 297 Å². The van der Waals surface area contributed by atoms with Gasteiger partial charge in [0.25, 0.3) is 0 Å². The first-order valence-corrected chi connectivity index (χ1v) is 20.5. The smallest absolute Gasteiger partial charge is 0.373 e. The average Bonchev–Trinajstić information content (AvgIpc) is 3.15. The molecule has 6 atom stereocenters. The maximum Gasteiger partial charge on any atom is 0.373 e. The van der Waals surface area contributed by atoms with E-state index in [1.807, 2.05) is 41.5 Å². The lowest BCUT2D eigenvalue weighted by atomic mass is 9.88. The van der Waals surface area contributed by atoms with Gasteiger partial charge in [-0.05, 0) is 77.1 Å². The molecule has 0 rings (SSSR count). The second-order valence-corrected chi connectivity index (χ2v) is 15.7. The minimum atomic E-state index is -1.13. The van der Waals surface area contributed by atoms with Crippen molar-refractivity contribution in [1.82, 2.24) is 15.7 Å². The van der Waals surface area contributed by atoms with E-state index in [-0.39, 0.29) is 57.9 Å². The van der Waals surface area contributed by atoms with Gasteiger partial charge in [0.1, 0.15) is 13.2 Å². The Morgan fingerprint density at radius 2 is 0.855 bits per heavy atom. The minimum absolute atomic E-state index is 0. The van der Waals surface area contributed by atoms with E-state index in [1.165, 1.54) is 19.0 Å². The number of esters is 4. The van der Waals surface area contributed by atoms with Gasteiger partial charge in [-0.3, -0.25) is 14.4 Å². The highest BCUT2D eigenvalue weighted by Gasteiger charge is 2.28. The van der Waals surface area contributed by atoms with Gasteiger partial charge in [0.15, 0.2) is 18.3 Å². The van der Waals surface area contributed by atoms with E-state index in [2.05, 4.69) is 33.6 Å². The molecule has 0 spiro atoms. The Bertz CT molecular complexity index is 1260. The maximum absolute atomic E-state index is 12.0. The number of carboxylic acids is 2. The third kappa shape index (κ3) is 42.9. The molecule has 0 fully saturated rings. The number of rotatable bonds is 27. The standard InChI is InChI=1S/C14H26BNO5.C11H22BNO5.C9H16O3.C5H12BNO3.CH4/c1-6-7-20-14(18)12(8-10(2)3)21-13(17)11(4)9-16-15(5)19;1-7(2)5-9(10(14)15)18-11(16)8(3)6-13-12(4)17;1-4-5-12-9(11)8(10)6-7(2)3;1-4(5(8)9)3-7-6(2)10;/h6,10-12,16,19H,1,7-9H2,2-5H3;7-9,13,17H,5-6H2,1-4H3,(H,14,15);4,7-8,10H,1,5-6H2,2-3H3;4,7,10H,3H2,1-2H3,(H,8,9);1H4/t11-,12+;8-,9+;8-;4-;/m1101./s1. The fourth-order valence-corrected chi connectivity index (χ4v) is 4.07. The zero-order valence-corrected chi connectivity index (χ0v) is 38.4. The van der Waals surface area contributed by atoms with Gasteiger partial charge in [0.05, 0.1) is 17.8 Å². The molecule has 0 aromatic carbocycles. The van der Waals surface area contributed by atoms with Crippen molar-refractivity contribution in [3.05, 3.63) is 25.3 Å². The number of hydrogen-bond donors (Lipinski definition) is 9. The normalized spacial score (nSPS) is 13.1. The van der Waals surface area contributed by atoms with Crippen LogP contribution >= 0.6 is 0 Å². The van der Waals surface area contributed by atoms with Crippen molar-refractivity contribution in [3.8, 4) is 0 Å². The van der Waals surface area contributed by atoms with Crippen molar-refractivity contribution in [1.29, 1.82) is 0 Å². The molecule has 0 bridgehead atoms. The molecule has 9 N–H and O–H groups in total. The molecule has 0 saturated heterocycles. The van der Waals surface area contributed by atoms with Gasteiger partial charge in [0, 0.05) is 0 Å². The Morgan fingerprint density at radius 1 is 0.532 bits per heavy atom. The number of hydrogen-bond acceptors (Lipinski definition) is 17. The number of aliphatic hydroxyl groups is 1. The summed E-state index contributed by atoms with van der Waals surface area (Å²) in [6.45, 7) is 28.9. The molecule has 0 aromatic rings. The predicted molar refractivity (Wildman–Crippen MR) is 241 cm³/mol. The largest absolute Gasteiger partial charge is 0.481 e. The number of ether oxygens (including phenoxy) is 4. The summed E-state index contributed by atoms with van der Waals surface area (Å²) in [5.74, 6) is -5.01. The number of nitrogens with one attached hydrogen (secondary N) is 3. The number of carbonyl (C=O) groups is 6. The van der Waals surface area contributed by atoms with Crippen LogP contribution in [0, 0.1) is 35.5 Å². The van der Waals surface area contributed by atoms with Crippen LogP contribution in [0.15, 0.2) is 25.3 Å². The van der Waals surface area contributed by atoms with Crippen LogP contribution in [0.2, 0.25) is 20.5 Å². The molecule has 0 heterocycles. The first-order valence-electron chi connectivity index (χ1n) is 20.5. The molecule has 0 saturated carbocycles. The quantitative estimate of drug-likeness (QED) is 0.0248. The highest BCUT2D eigenvalue weighted by Crippen LogP contribution is 2.14. The summed E-state index contributed by atoms with van der Waals surface area (Å²) in [7, 11) is -2.06. The van der Waals surface area contributed by atoms with E-state index >= 15 is 0 Å². The summed E-state index contributed by atoms with van der Waals surface area (Å²) in [6.07, 6.45) is 1.05. The van der Waals surface area contributed by atoms with Crippen molar-refractivity contribution in [2.45, 2.75) is 128 Å². The highest BCUT2D eigenvalue weighted by atomic mass is 16.6. The molecule has 360 valence electrons. The molecule has 0 aliphatic carbocycles. The summed E-state index contributed by atoms with van der Waals surface area (Å²) in [4.78, 5) is 67.5. The van der Waals surface area contributed by atoms with E-state index in [4.69, 9.17) is 39.5 Å². The number of aliphatic hydroxyl groups excluding tert-OH is 1. The van der Waals surface area contributed by atoms with E-state index < -0.39 is 93.0 Å². The van der Waals surface area contributed by atoms with Crippen molar-refractivity contribution in [2.24, 2.45) is 35.5 Å². The summed E-state index contributed by atoms with van der Waals surface area (Å²) in [6, 6.07) is 0. The SMILES string of the molecule is C.C=CCOC(=O)[C@@H](O)CC(C)C.C=CCOC(=O)[C@H](CC(C)C)OC(=O)[C@H](C)CNB(C)O.CB(O)NC[C@@H](C)C(=O)O.CB(O)NC[C@@H](C)C(=O)O[C@@H](CC(C)C)C(=O)O. The Morgan fingerprint density at radius 3 is 1.16 bits per heavy atom. The lowest BCUT2D eigenvalue weighted by Gasteiger charge is -2.20. The number of carboxylic acid groups (broad SMARTS) is 2. The second kappa shape index (κ2) is 40.0. The zero-order valence-electron chi connectivity index (χ0n) is 38.4. The van der Waals surface area contributed by atoms with Crippen molar-refractivity contribution < 1.29 is 78.1 Å². The molecule has 22 heteroatoms. The first kappa shape index (κ1) is 67.3. The van der Waals surface area contributed by atoms with Gasteiger partial charge in [-0.15, -0.1) is 0 Å². The van der Waals surface area contributed by atoms with Crippen LogP contribution in [0.3, 0.4) is 0 Å². The first-order chi connectivity index (χ1) is 28.1. The molecular formula is C40H80B3N3O16. The van der Waals surface area contributed by atoms with Gasteiger partial charge in [-0.2, -0.15) is 0 Å². The molecule has 0 radical (unpaired) electrons. The van der Waals surface area contributed by atoms with E-state index in [0.29, 0.717) is 19.4 Å². The minimum Gasteiger partial charge on any atom is -0.481 e. The Hall–Kier alpha value is -3.79. The van der Waals surface area contributed by atoms with Gasteiger partial charge in [0.2, 0.25) is 0 Å². The van der Waals surface area contributed by atoms with E-state index in [0.717, 1.165) is 0 Å².